The van der Waals surface area contributed by atoms with Gasteiger partial charge in [0.15, 0.2) is 12.2 Å². The van der Waals surface area contributed by atoms with Gasteiger partial charge in [0.1, 0.15) is 11.8 Å². The summed E-state index contributed by atoms with van der Waals surface area (Å²) in [6, 6.07) is 14.3. The summed E-state index contributed by atoms with van der Waals surface area (Å²) >= 11 is 0. The van der Waals surface area contributed by atoms with Gasteiger partial charge in [-0.05, 0) is 41.8 Å². The van der Waals surface area contributed by atoms with Crippen molar-refractivity contribution in [1.82, 2.24) is 14.8 Å². The van der Waals surface area contributed by atoms with E-state index in [1.54, 1.807) is 36.2 Å². The Labute approximate surface area is 190 Å². The van der Waals surface area contributed by atoms with Gasteiger partial charge in [-0.15, -0.1) is 0 Å². The van der Waals surface area contributed by atoms with Crippen molar-refractivity contribution in [2.75, 3.05) is 33.3 Å². The highest BCUT2D eigenvalue weighted by Gasteiger charge is 2.28. The lowest BCUT2D eigenvalue weighted by Crippen LogP contribution is -2.39. The zero-order chi connectivity index (χ0) is 23.4. The number of benzene rings is 2. The summed E-state index contributed by atoms with van der Waals surface area (Å²) in [5.41, 5.74) is 2.65. The van der Waals surface area contributed by atoms with Crippen LogP contribution in [0.25, 0.3) is 11.1 Å². The Bertz CT molecular complexity index is 1230. The van der Waals surface area contributed by atoms with Crippen molar-refractivity contribution < 1.29 is 19.1 Å². The number of aromatic amines is 1. The molecule has 2 atom stereocenters. The second-order valence-corrected chi connectivity index (χ2v) is 8.26. The molecule has 2 heterocycles. The number of rotatable bonds is 8. The van der Waals surface area contributed by atoms with Crippen LogP contribution in [-0.2, 0) is 11.2 Å². The molecule has 0 saturated carbocycles. The van der Waals surface area contributed by atoms with E-state index < -0.39 is 5.76 Å². The fraction of sp³-hybridized carbons (Fsp3) is 0.375. The van der Waals surface area contributed by atoms with Crippen molar-refractivity contribution in [2.45, 2.75) is 25.0 Å². The molecule has 0 spiro atoms. The van der Waals surface area contributed by atoms with E-state index in [-0.39, 0.29) is 31.1 Å². The van der Waals surface area contributed by atoms with E-state index in [9.17, 15) is 14.7 Å². The fourth-order valence-corrected chi connectivity index (χ4v) is 4.18. The maximum absolute atomic E-state index is 13.3. The molecular formula is C24H26N4O5. The molecule has 2 N–H and O–H groups in total. The van der Waals surface area contributed by atoms with Gasteiger partial charge in [-0.3, -0.25) is 14.7 Å². The molecule has 1 amide bonds. The standard InChI is InChI=1S/C24H26N4O5/c1-27(23(30)12-16-5-6-22-20(11-16)26-24(31)33-22)21(15-28-9-7-18(29)14-28)17-3-2-4-19(13-17)32-10-8-25/h2-6,11,13,18,21,29H,7,9-10,12,14-15H2,1H3,(H,26,31). The monoisotopic (exact) mass is 450 g/mol. The molecule has 172 valence electrons. The lowest BCUT2D eigenvalue weighted by atomic mass is 10.0. The lowest BCUT2D eigenvalue weighted by Gasteiger charge is -2.32. The Morgan fingerprint density at radius 3 is 3.00 bits per heavy atom. The molecule has 1 fully saturated rings. The number of β-amino-alcohol motifs (C(OH)–C–C–N with tert-alkyl or cyclic N) is 1. The number of hydrogen-bond donors (Lipinski definition) is 2. The number of likely N-dealkylation sites (tertiary alicyclic amines) is 1. The lowest BCUT2D eigenvalue weighted by molar-refractivity contribution is -0.131. The molecule has 0 radical (unpaired) electrons. The molecule has 1 aliphatic heterocycles. The average Bonchev–Trinajstić information content (AvgIpc) is 3.39. The number of H-pyrrole nitrogens is 1. The Morgan fingerprint density at radius 1 is 1.39 bits per heavy atom. The number of oxazole rings is 1. The smallest absolute Gasteiger partial charge is 0.417 e. The molecule has 3 aromatic rings. The first-order valence-corrected chi connectivity index (χ1v) is 10.8. The van der Waals surface area contributed by atoms with Crippen LogP contribution in [0.4, 0.5) is 0 Å². The third-order valence-electron chi connectivity index (χ3n) is 5.92. The number of hydrogen-bond acceptors (Lipinski definition) is 7. The number of aliphatic hydroxyl groups is 1. The van der Waals surface area contributed by atoms with Crippen LogP contribution < -0.4 is 10.5 Å². The van der Waals surface area contributed by atoms with E-state index in [0.29, 0.717) is 36.4 Å². The number of likely N-dealkylation sites (N-methyl/N-ethyl adjacent to an activating group) is 1. The fourth-order valence-electron chi connectivity index (χ4n) is 4.18. The van der Waals surface area contributed by atoms with Crippen LogP contribution in [0, 0.1) is 11.3 Å². The Hall–Kier alpha value is -3.61. The minimum Gasteiger partial charge on any atom is -0.479 e. The van der Waals surface area contributed by atoms with Gasteiger partial charge in [-0.1, -0.05) is 18.2 Å². The van der Waals surface area contributed by atoms with Crippen LogP contribution in [-0.4, -0.2) is 65.2 Å². The number of carbonyl (C=O) groups is 1. The summed E-state index contributed by atoms with van der Waals surface area (Å²) in [6.07, 6.45) is 0.503. The van der Waals surface area contributed by atoms with E-state index >= 15 is 0 Å². The third kappa shape index (κ3) is 5.42. The van der Waals surface area contributed by atoms with Crippen molar-refractivity contribution in [3.63, 3.8) is 0 Å². The molecule has 33 heavy (non-hydrogen) atoms. The second-order valence-electron chi connectivity index (χ2n) is 8.26. The number of fused-ring (bicyclic) bond motifs is 1. The topological polar surface area (TPSA) is 123 Å². The van der Waals surface area contributed by atoms with Crippen molar-refractivity contribution in [3.8, 4) is 11.8 Å². The van der Waals surface area contributed by atoms with Gasteiger partial charge in [0.25, 0.3) is 0 Å². The van der Waals surface area contributed by atoms with Crippen LogP contribution in [0.1, 0.15) is 23.6 Å². The van der Waals surface area contributed by atoms with Crippen LogP contribution in [0.5, 0.6) is 5.75 Å². The van der Waals surface area contributed by atoms with Crippen LogP contribution in [0.15, 0.2) is 51.7 Å². The average molecular weight is 450 g/mol. The molecule has 0 aliphatic carbocycles. The molecule has 2 aromatic carbocycles. The van der Waals surface area contributed by atoms with E-state index in [1.807, 2.05) is 24.3 Å². The molecule has 4 rings (SSSR count). The number of ether oxygens (including phenoxy) is 1. The van der Waals surface area contributed by atoms with Crippen LogP contribution in [0.2, 0.25) is 0 Å². The number of nitrogens with one attached hydrogen (secondary N) is 1. The van der Waals surface area contributed by atoms with Gasteiger partial charge in [0.2, 0.25) is 5.91 Å². The Kier molecular flexibility index (Phi) is 6.77. The highest BCUT2D eigenvalue weighted by Crippen LogP contribution is 2.27. The van der Waals surface area contributed by atoms with Crippen LogP contribution >= 0.6 is 0 Å². The minimum absolute atomic E-state index is 0.0558. The van der Waals surface area contributed by atoms with E-state index in [2.05, 4.69) is 9.88 Å². The third-order valence-corrected chi connectivity index (χ3v) is 5.92. The van der Waals surface area contributed by atoms with Crippen molar-refractivity contribution >= 4 is 17.0 Å². The molecule has 1 aliphatic rings. The number of aliphatic hydroxyl groups excluding tert-OH is 1. The second kappa shape index (κ2) is 9.90. The normalized spacial score (nSPS) is 17.1. The first kappa shape index (κ1) is 22.6. The molecule has 9 nitrogen and oxygen atoms in total. The Balaban J connectivity index is 1.55. The minimum atomic E-state index is -0.531. The van der Waals surface area contributed by atoms with Gasteiger partial charge >= 0.3 is 5.76 Å². The maximum atomic E-state index is 13.3. The van der Waals surface area contributed by atoms with E-state index in [1.165, 1.54) is 0 Å². The molecule has 9 heteroatoms. The maximum Gasteiger partial charge on any atom is 0.417 e. The predicted molar refractivity (Wildman–Crippen MR) is 121 cm³/mol. The van der Waals surface area contributed by atoms with Crippen LogP contribution in [0.3, 0.4) is 0 Å². The number of aromatic nitrogens is 1. The van der Waals surface area contributed by atoms with Gasteiger partial charge in [-0.2, -0.15) is 5.26 Å². The van der Waals surface area contributed by atoms with E-state index in [4.69, 9.17) is 14.4 Å². The first-order chi connectivity index (χ1) is 15.9. The number of nitriles is 1. The van der Waals surface area contributed by atoms with Crippen molar-refractivity contribution in [3.05, 3.63) is 64.1 Å². The summed E-state index contributed by atoms with van der Waals surface area (Å²) in [4.78, 5) is 31.1. The summed E-state index contributed by atoms with van der Waals surface area (Å²) in [6.45, 7) is 1.83. The molecule has 0 bridgehead atoms. The van der Waals surface area contributed by atoms with Crippen molar-refractivity contribution in [1.29, 1.82) is 5.26 Å². The summed E-state index contributed by atoms with van der Waals surface area (Å²) in [5, 5.41) is 18.8. The molecular weight excluding hydrogens is 424 g/mol. The van der Waals surface area contributed by atoms with Crippen molar-refractivity contribution in [2.24, 2.45) is 0 Å². The molecule has 1 aromatic heterocycles. The van der Waals surface area contributed by atoms with E-state index in [0.717, 1.165) is 17.7 Å². The highest BCUT2D eigenvalue weighted by molar-refractivity contribution is 5.81. The number of nitrogens with zero attached hydrogens (tertiary/aromatic N) is 3. The molecule has 2 unspecified atom stereocenters. The predicted octanol–water partition coefficient (Wildman–Crippen LogP) is 1.83. The molecule has 1 saturated heterocycles. The quantitative estimate of drug-likeness (QED) is 0.537. The largest absolute Gasteiger partial charge is 0.479 e. The number of carbonyl (C=O) groups excluding carboxylic acids is 1. The van der Waals surface area contributed by atoms with Gasteiger partial charge < -0.3 is 19.2 Å². The Morgan fingerprint density at radius 2 is 2.24 bits per heavy atom. The zero-order valence-electron chi connectivity index (χ0n) is 18.4. The van der Waals surface area contributed by atoms with Gasteiger partial charge in [0, 0.05) is 26.7 Å². The van der Waals surface area contributed by atoms with Gasteiger partial charge in [0.05, 0.1) is 24.1 Å². The summed E-state index contributed by atoms with van der Waals surface area (Å²) in [5.74, 6) is -0.0547. The zero-order valence-corrected chi connectivity index (χ0v) is 18.4. The summed E-state index contributed by atoms with van der Waals surface area (Å²) < 4.78 is 10.5. The highest BCUT2D eigenvalue weighted by atomic mass is 16.5. The first-order valence-electron chi connectivity index (χ1n) is 10.8. The van der Waals surface area contributed by atoms with Gasteiger partial charge in [-0.25, -0.2) is 4.79 Å². The SMILES string of the molecule is CN(C(=O)Cc1ccc2oc(=O)[nH]c2c1)C(CN1CCC(O)C1)c1cccc(OCC#N)c1. The number of amides is 1. The summed E-state index contributed by atoms with van der Waals surface area (Å²) in [7, 11) is 1.76.